The molecule has 0 aliphatic carbocycles. The number of aromatic nitrogens is 2. The summed E-state index contributed by atoms with van der Waals surface area (Å²) in [6, 6.07) is 15.6. The van der Waals surface area contributed by atoms with Gasteiger partial charge >= 0.3 is 5.69 Å². The number of fused-ring (bicyclic) bond motifs is 1. The lowest BCUT2D eigenvalue weighted by atomic mass is 10.2. The van der Waals surface area contributed by atoms with Crippen molar-refractivity contribution in [1.82, 2.24) is 9.13 Å². The summed E-state index contributed by atoms with van der Waals surface area (Å²) < 4.78 is 29.4. The Hall–Kier alpha value is -3.78. The van der Waals surface area contributed by atoms with Crippen molar-refractivity contribution in [2.75, 3.05) is 5.32 Å². The van der Waals surface area contributed by atoms with Crippen LogP contribution >= 0.6 is 11.6 Å². The predicted octanol–water partition coefficient (Wildman–Crippen LogP) is 3.78. The molecule has 0 spiro atoms. The minimum Gasteiger partial charge on any atom is -0.322 e. The highest BCUT2D eigenvalue weighted by Crippen LogP contribution is 2.19. The number of nitrogens with zero attached hydrogens (tertiary/aromatic N) is 2. The zero-order chi connectivity index (χ0) is 22.8. The Labute approximate surface area is 185 Å². The molecule has 0 bridgehead atoms. The third kappa shape index (κ3) is 4.31. The molecular weight excluding hydrogens is 440 g/mol. The molecule has 9 heteroatoms. The topological polar surface area (TPSA) is 73.1 Å². The largest absolute Gasteiger partial charge is 0.332 e. The number of carbonyl (C=O) groups is 1. The summed E-state index contributed by atoms with van der Waals surface area (Å²) in [5, 5.41) is 2.82. The van der Waals surface area contributed by atoms with E-state index in [1.54, 1.807) is 24.3 Å². The first-order valence-electron chi connectivity index (χ1n) is 9.55. The average Bonchev–Trinajstić information content (AvgIpc) is 2.77. The van der Waals surface area contributed by atoms with Gasteiger partial charge in [0.05, 0.1) is 23.1 Å². The lowest BCUT2D eigenvalue weighted by Crippen LogP contribution is -2.42. The van der Waals surface area contributed by atoms with Gasteiger partial charge in [-0.05, 0) is 48.0 Å². The fourth-order valence-corrected chi connectivity index (χ4v) is 3.52. The van der Waals surface area contributed by atoms with Crippen molar-refractivity contribution >= 4 is 34.1 Å². The normalized spacial score (nSPS) is 11.0. The van der Waals surface area contributed by atoms with Crippen molar-refractivity contribution in [3.63, 3.8) is 0 Å². The van der Waals surface area contributed by atoms with Gasteiger partial charge in [-0.1, -0.05) is 35.9 Å². The van der Waals surface area contributed by atoms with Crippen molar-refractivity contribution in [3.8, 4) is 0 Å². The second-order valence-corrected chi connectivity index (χ2v) is 7.51. The van der Waals surface area contributed by atoms with E-state index in [1.165, 1.54) is 36.4 Å². The van der Waals surface area contributed by atoms with Gasteiger partial charge < -0.3 is 5.32 Å². The molecule has 0 fully saturated rings. The van der Waals surface area contributed by atoms with Gasteiger partial charge in [0.1, 0.15) is 18.2 Å². The van der Waals surface area contributed by atoms with E-state index >= 15 is 0 Å². The Balaban J connectivity index is 1.74. The molecule has 1 amide bonds. The van der Waals surface area contributed by atoms with Crippen LogP contribution in [0.1, 0.15) is 5.56 Å². The van der Waals surface area contributed by atoms with E-state index in [4.69, 9.17) is 11.6 Å². The first-order valence-corrected chi connectivity index (χ1v) is 9.93. The highest BCUT2D eigenvalue weighted by atomic mass is 35.5. The Morgan fingerprint density at radius 1 is 0.938 bits per heavy atom. The summed E-state index contributed by atoms with van der Waals surface area (Å²) in [5.74, 6) is -1.82. The van der Waals surface area contributed by atoms with Gasteiger partial charge in [0, 0.05) is 5.02 Å². The van der Waals surface area contributed by atoms with Crippen LogP contribution in [-0.4, -0.2) is 15.0 Å². The van der Waals surface area contributed by atoms with E-state index in [0.29, 0.717) is 5.56 Å². The maximum atomic E-state index is 14.0. The SMILES string of the molecule is O=C(Cn1c(=O)n(Cc2ccc(F)cc2)c(=O)c2ccccc21)Nc1ccc(Cl)cc1F. The van der Waals surface area contributed by atoms with Crippen LogP contribution in [0.15, 0.2) is 76.3 Å². The van der Waals surface area contributed by atoms with E-state index in [1.807, 2.05) is 0 Å². The molecule has 0 aliphatic heterocycles. The number of halogens is 3. The minimum absolute atomic E-state index is 0.0867. The molecule has 4 rings (SSSR count). The maximum absolute atomic E-state index is 14.0. The molecule has 6 nitrogen and oxygen atoms in total. The molecule has 0 saturated carbocycles. The summed E-state index contributed by atoms with van der Waals surface area (Å²) >= 11 is 5.73. The number of carbonyl (C=O) groups excluding carboxylic acids is 1. The number of rotatable bonds is 5. The highest BCUT2D eigenvalue weighted by molar-refractivity contribution is 6.30. The molecule has 3 aromatic carbocycles. The van der Waals surface area contributed by atoms with Gasteiger partial charge in [0.2, 0.25) is 5.91 Å². The molecule has 32 heavy (non-hydrogen) atoms. The number of hydrogen-bond donors (Lipinski definition) is 1. The first kappa shape index (κ1) is 21.5. The molecular formula is C23H16ClF2N3O3. The van der Waals surface area contributed by atoms with Crippen molar-refractivity contribution < 1.29 is 13.6 Å². The second kappa shape index (κ2) is 8.76. The Bertz CT molecular complexity index is 1450. The fourth-order valence-electron chi connectivity index (χ4n) is 3.36. The number of nitrogens with one attached hydrogen (secondary N) is 1. The summed E-state index contributed by atoms with van der Waals surface area (Å²) in [4.78, 5) is 38.7. The number of amides is 1. The smallest absolute Gasteiger partial charge is 0.322 e. The van der Waals surface area contributed by atoms with Crippen LogP contribution < -0.4 is 16.6 Å². The molecule has 0 atom stereocenters. The van der Waals surface area contributed by atoms with E-state index < -0.39 is 35.3 Å². The van der Waals surface area contributed by atoms with Gasteiger partial charge in [-0.25, -0.2) is 13.6 Å². The van der Waals surface area contributed by atoms with Crippen molar-refractivity contribution in [1.29, 1.82) is 0 Å². The number of benzene rings is 3. The molecule has 1 aromatic heterocycles. The van der Waals surface area contributed by atoms with Gasteiger partial charge in [-0.3, -0.25) is 18.7 Å². The van der Waals surface area contributed by atoms with E-state index in [2.05, 4.69) is 5.32 Å². The Morgan fingerprint density at radius 3 is 2.38 bits per heavy atom. The summed E-state index contributed by atoms with van der Waals surface area (Å²) in [5.41, 5.74) is -0.527. The van der Waals surface area contributed by atoms with Gasteiger partial charge in [0.15, 0.2) is 0 Å². The molecule has 162 valence electrons. The van der Waals surface area contributed by atoms with Crippen LogP contribution in [0.3, 0.4) is 0 Å². The zero-order valence-corrected chi connectivity index (χ0v) is 17.3. The molecule has 0 aliphatic rings. The maximum Gasteiger partial charge on any atom is 0.332 e. The fraction of sp³-hybridized carbons (Fsp3) is 0.0870. The lowest BCUT2D eigenvalue weighted by Gasteiger charge is -2.14. The van der Waals surface area contributed by atoms with E-state index in [-0.39, 0.29) is 28.2 Å². The number of hydrogen-bond acceptors (Lipinski definition) is 3. The van der Waals surface area contributed by atoms with Gasteiger partial charge in [0.25, 0.3) is 5.56 Å². The van der Waals surface area contributed by atoms with Crippen LogP contribution in [-0.2, 0) is 17.9 Å². The van der Waals surface area contributed by atoms with Crippen LogP contribution in [0, 0.1) is 11.6 Å². The summed E-state index contributed by atoms with van der Waals surface area (Å²) in [6.07, 6.45) is 0. The predicted molar refractivity (Wildman–Crippen MR) is 118 cm³/mol. The van der Waals surface area contributed by atoms with Crippen molar-refractivity contribution in [2.24, 2.45) is 0 Å². The third-order valence-corrected chi connectivity index (χ3v) is 5.13. The number of para-hydroxylation sites is 1. The molecule has 4 aromatic rings. The quantitative estimate of drug-likeness (QED) is 0.497. The molecule has 0 unspecified atom stereocenters. The van der Waals surface area contributed by atoms with E-state index in [0.717, 1.165) is 15.2 Å². The first-order chi connectivity index (χ1) is 15.3. The van der Waals surface area contributed by atoms with Crippen LogP contribution in [0.25, 0.3) is 10.9 Å². The average molecular weight is 456 g/mol. The standard InChI is InChI=1S/C23H16ClF2N3O3/c24-15-7-10-19(18(26)11-15)27-21(30)13-28-20-4-2-1-3-17(20)22(31)29(23(28)32)12-14-5-8-16(25)9-6-14/h1-11H,12-13H2,(H,27,30). The van der Waals surface area contributed by atoms with Gasteiger partial charge in [-0.2, -0.15) is 0 Å². The molecule has 0 saturated heterocycles. The van der Waals surface area contributed by atoms with E-state index in [9.17, 15) is 23.2 Å². The monoisotopic (exact) mass is 455 g/mol. The van der Waals surface area contributed by atoms with Crippen molar-refractivity contribution in [3.05, 3.63) is 110 Å². The summed E-state index contributed by atoms with van der Waals surface area (Å²) in [7, 11) is 0. The van der Waals surface area contributed by atoms with Crippen LogP contribution in [0.5, 0.6) is 0 Å². The van der Waals surface area contributed by atoms with Crippen LogP contribution in [0.4, 0.5) is 14.5 Å². The Kier molecular flexibility index (Phi) is 5.87. The highest BCUT2D eigenvalue weighted by Gasteiger charge is 2.16. The lowest BCUT2D eigenvalue weighted by molar-refractivity contribution is -0.116. The Morgan fingerprint density at radius 2 is 1.66 bits per heavy atom. The van der Waals surface area contributed by atoms with Crippen LogP contribution in [0.2, 0.25) is 5.02 Å². The second-order valence-electron chi connectivity index (χ2n) is 7.08. The van der Waals surface area contributed by atoms with Gasteiger partial charge in [-0.15, -0.1) is 0 Å². The third-order valence-electron chi connectivity index (χ3n) is 4.89. The molecule has 1 N–H and O–H groups in total. The minimum atomic E-state index is -0.718. The summed E-state index contributed by atoms with van der Waals surface area (Å²) in [6.45, 7) is -0.554. The zero-order valence-electron chi connectivity index (χ0n) is 16.5. The molecule has 1 heterocycles. The van der Waals surface area contributed by atoms with Crippen molar-refractivity contribution in [2.45, 2.75) is 13.1 Å². The number of anilines is 1. The molecule has 0 radical (unpaired) electrons.